The summed E-state index contributed by atoms with van der Waals surface area (Å²) in [6, 6.07) is 0. The molecule has 0 saturated carbocycles. The second-order valence-corrected chi connectivity index (χ2v) is 5.48. The van der Waals surface area contributed by atoms with E-state index in [2.05, 4.69) is 0 Å². The van der Waals surface area contributed by atoms with Crippen LogP contribution >= 0.6 is 0 Å². The Morgan fingerprint density at radius 3 is 1.95 bits per heavy atom. The van der Waals surface area contributed by atoms with Crippen LogP contribution in [0.2, 0.25) is 0 Å². The topological polar surface area (TPSA) is 44.8 Å². The molecule has 1 saturated heterocycles. The molecule has 118 valence electrons. The SMILES string of the molecule is CC(=O)OCCCCCCCCCCCC1OCCO1. The van der Waals surface area contributed by atoms with Crippen molar-refractivity contribution in [2.75, 3.05) is 19.8 Å². The van der Waals surface area contributed by atoms with Crippen molar-refractivity contribution in [3.05, 3.63) is 0 Å². The van der Waals surface area contributed by atoms with Gasteiger partial charge >= 0.3 is 5.97 Å². The van der Waals surface area contributed by atoms with Crippen molar-refractivity contribution in [2.24, 2.45) is 0 Å². The van der Waals surface area contributed by atoms with Gasteiger partial charge in [-0.2, -0.15) is 0 Å². The minimum Gasteiger partial charge on any atom is -0.466 e. The van der Waals surface area contributed by atoms with Crippen LogP contribution in [0.1, 0.15) is 71.1 Å². The van der Waals surface area contributed by atoms with Crippen LogP contribution in [0.4, 0.5) is 0 Å². The second kappa shape index (κ2) is 12.2. The number of unbranched alkanes of at least 4 members (excludes halogenated alkanes) is 8. The Morgan fingerprint density at radius 1 is 0.900 bits per heavy atom. The molecule has 1 heterocycles. The number of carbonyl (C=O) groups excluding carboxylic acids is 1. The van der Waals surface area contributed by atoms with Crippen molar-refractivity contribution in [3.8, 4) is 0 Å². The van der Waals surface area contributed by atoms with Gasteiger partial charge in [-0.05, 0) is 19.3 Å². The van der Waals surface area contributed by atoms with E-state index in [9.17, 15) is 4.79 Å². The fraction of sp³-hybridized carbons (Fsp3) is 0.938. The minimum atomic E-state index is -0.168. The number of carbonyl (C=O) groups is 1. The van der Waals surface area contributed by atoms with Crippen LogP contribution in [0, 0.1) is 0 Å². The highest BCUT2D eigenvalue weighted by atomic mass is 16.7. The van der Waals surface area contributed by atoms with E-state index in [4.69, 9.17) is 14.2 Å². The lowest BCUT2D eigenvalue weighted by molar-refractivity contribution is -0.141. The normalized spacial score (nSPS) is 15.7. The number of hydrogen-bond donors (Lipinski definition) is 0. The molecule has 20 heavy (non-hydrogen) atoms. The van der Waals surface area contributed by atoms with E-state index in [-0.39, 0.29) is 12.3 Å². The van der Waals surface area contributed by atoms with Crippen LogP contribution in [-0.2, 0) is 19.0 Å². The van der Waals surface area contributed by atoms with Gasteiger partial charge < -0.3 is 14.2 Å². The van der Waals surface area contributed by atoms with Crippen LogP contribution in [-0.4, -0.2) is 32.1 Å². The molecule has 0 spiro atoms. The summed E-state index contributed by atoms with van der Waals surface area (Å²) >= 11 is 0. The summed E-state index contributed by atoms with van der Waals surface area (Å²) in [7, 11) is 0. The van der Waals surface area contributed by atoms with Crippen molar-refractivity contribution >= 4 is 5.97 Å². The Kier molecular flexibility index (Phi) is 10.6. The lowest BCUT2D eigenvalue weighted by atomic mass is 10.1. The number of rotatable bonds is 12. The van der Waals surface area contributed by atoms with Gasteiger partial charge in [0.2, 0.25) is 0 Å². The van der Waals surface area contributed by atoms with Crippen LogP contribution < -0.4 is 0 Å². The van der Waals surface area contributed by atoms with E-state index in [0.717, 1.165) is 26.1 Å². The molecule has 0 aromatic heterocycles. The van der Waals surface area contributed by atoms with Crippen LogP contribution in [0.3, 0.4) is 0 Å². The fourth-order valence-electron chi connectivity index (χ4n) is 2.44. The number of ether oxygens (including phenoxy) is 3. The predicted octanol–water partition coefficient (Wildman–Crippen LogP) is 3.82. The average molecular weight is 286 g/mol. The van der Waals surface area contributed by atoms with E-state index >= 15 is 0 Å². The molecule has 1 fully saturated rings. The molecule has 4 nitrogen and oxygen atoms in total. The molecular weight excluding hydrogens is 256 g/mol. The minimum absolute atomic E-state index is 0.0761. The van der Waals surface area contributed by atoms with Gasteiger partial charge in [-0.25, -0.2) is 0 Å². The number of esters is 1. The monoisotopic (exact) mass is 286 g/mol. The van der Waals surface area contributed by atoms with E-state index in [1.54, 1.807) is 0 Å². The van der Waals surface area contributed by atoms with Crippen molar-refractivity contribution < 1.29 is 19.0 Å². The molecule has 0 aromatic rings. The smallest absolute Gasteiger partial charge is 0.302 e. The van der Waals surface area contributed by atoms with Crippen molar-refractivity contribution in [1.82, 2.24) is 0 Å². The van der Waals surface area contributed by atoms with E-state index < -0.39 is 0 Å². The highest BCUT2D eigenvalue weighted by Crippen LogP contribution is 2.15. The van der Waals surface area contributed by atoms with Gasteiger partial charge in [-0.15, -0.1) is 0 Å². The molecule has 0 N–H and O–H groups in total. The van der Waals surface area contributed by atoms with E-state index in [0.29, 0.717) is 6.61 Å². The van der Waals surface area contributed by atoms with Gasteiger partial charge in [0.1, 0.15) is 0 Å². The Hall–Kier alpha value is -0.610. The molecule has 1 aliphatic heterocycles. The summed E-state index contributed by atoms with van der Waals surface area (Å²) in [4.78, 5) is 10.6. The Balaban J connectivity index is 1.69. The maximum Gasteiger partial charge on any atom is 0.302 e. The maximum atomic E-state index is 10.6. The average Bonchev–Trinajstić information content (AvgIpc) is 2.93. The molecule has 1 aliphatic rings. The highest BCUT2D eigenvalue weighted by Gasteiger charge is 2.14. The molecule has 1 rings (SSSR count). The molecule has 0 radical (unpaired) electrons. The molecule has 0 unspecified atom stereocenters. The first kappa shape index (κ1) is 17.4. The van der Waals surface area contributed by atoms with E-state index in [1.807, 2.05) is 0 Å². The van der Waals surface area contributed by atoms with Crippen LogP contribution in [0.15, 0.2) is 0 Å². The summed E-state index contributed by atoms with van der Waals surface area (Å²) in [6.07, 6.45) is 12.3. The first-order valence-corrected chi connectivity index (χ1v) is 8.15. The van der Waals surface area contributed by atoms with Gasteiger partial charge in [0.05, 0.1) is 19.8 Å². The predicted molar refractivity (Wildman–Crippen MR) is 78.5 cm³/mol. The van der Waals surface area contributed by atoms with E-state index in [1.165, 1.54) is 58.3 Å². The van der Waals surface area contributed by atoms with Gasteiger partial charge in [0.15, 0.2) is 6.29 Å². The summed E-state index contributed by atoms with van der Waals surface area (Å²) in [5.74, 6) is -0.168. The highest BCUT2D eigenvalue weighted by molar-refractivity contribution is 5.65. The summed E-state index contributed by atoms with van der Waals surface area (Å²) in [5.41, 5.74) is 0. The third-order valence-electron chi connectivity index (χ3n) is 3.58. The quantitative estimate of drug-likeness (QED) is 0.404. The summed E-state index contributed by atoms with van der Waals surface area (Å²) in [5, 5.41) is 0. The number of hydrogen-bond acceptors (Lipinski definition) is 4. The molecule has 0 bridgehead atoms. The zero-order valence-corrected chi connectivity index (χ0v) is 12.9. The van der Waals surface area contributed by atoms with Gasteiger partial charge in [-0.3, -0.25) is 4.79 Å². The van der Waals surface area contributed by atoms with Crippen molar-refractivity contribution in [2.45, 2.75) is 77.4 Å². The molecular formula is C16H30O4. The summed E-state index contributed by atoms with van der Waals surface area (Å²) in [6.45, 7) is 3.58. The first-order valence-electron chi connectivity index (χ1n) is 8.15. The first-order chi connectivity index (χ1) is 9.79. The van der Waals surface area contributed by atoms with Gasteiger partial charge in [0, 0.05) is 6.92 Å². The lowest BCUT2D eigenvalue weighted by Crippen LogP contribution is -2.06. The Bertz CT molecular complexity index is 237. The molecule has 0 aromatic carbocycles. The molecule has 0 atom stereocenters. The third-order valence-corrected chi connectivity index (χ3v) is 3.58. The largest absolute Gasteiger partial charge is 0.466 e. The molecule has 0 amide bonds. The third kappa shape index (κ3) is 10.2. The fourth-order valence-corrected chi connectivity index (χ4v) is 2.44. The maximum absolute atomic E-state index is 10.6. The van der Waals surface area contributed by atoms with Crippen molar-refractivity contribution in [1.29, 1.82) is 0 Å². The lowest BCUT2D eigenvalue weighted by Gasteiger charge is -2.08. The van der Waals surface area contributed by atoms with Gasteiger partial charge in [0.25, 0.3) is 0 Å². The van der Waals surface area contributed by atoms with Crippen molar-refractivity contribution in [3.63, 3.8) is 0 Å². The standard InChI is InChI=1S/C16H30O4/c1-15(17)18-12-10-8-6-4-2-3-5-7-9-11-16-19-13-14-20-16/h16H,2-14H2,1H3. The second-order valence-electron chi connectivity index (χ2n) is 5.48. The van der Waals surface area contributed by atoms with Crippen LogP contribution in [0.5, 0.6) is 0 Å². The zero-order valence-electron chi connectivity index (χ0n) is 12.9. The summed E-state index contributed by atoms with van der Waals surface area (Å²) < 4.78 is 15.7. The van der Waals surface area contributed by atoms with Crippen LogP contribution in [0.25, 0.3) is 0 Å². The Labute approximate surface area is 123 Å². The van der Waals surface area contributed by atoms with Gasteiger partial charge in [-0.1, -0.05) is 44.9 Å². The molecule has 0 aliphatic carbocycles. The zero-order chi connectivity index (χ0) is 14.5. The molecule has 4 heteroatoms. The Morgan fingerprint density at radius 2 is 1.40 bits per heavy atom.